The SMILES string of the molecule is Cc1ccc2[nH]c(=S)n(C3CCCCCCC3)c2n1. The first-order valence-electron chi connectivity index (χ1n) is 7.33. The minimum Gasteiger partial charge on any atom is -0.329 e. The summed E-state index contributed by atoms with van der Waals surface area (Å²) in [6.45, 7) is 2.04. The van der Waals surface area contributed by atoms with Gasteiger partial charge in [0.1, 0.15) is 0 Å². The van der Waals surface area contributed by atoms with E-state index in [-0.39, 0.29) is 0 Å². The van der Waals surface area contributed by atoms with Gasteiger partial charge in [0.15, 0.2) is 10.4 Å². The second-order valence-electron chi connectivity index (χ2n) is 5.62. The lowest BCUT2D eigenvalue weighted by atomic mass is 9.96. The number of rotatable bonds is 1. The average molecular weight is 275 g/mol. The van der Waals surface area contributed by atoms with Gasteiger partial charge < -0.3 is 4.98 Å². The van der Waals surface area contributed by atoms with Gasteiger partial charge in [-0.05, 0) is 44.1 Å². The molecule has 2 aromatic rings. The molecule has 1 aliphatic carbocycles. The second-order valence-corrected chi connectivity index (χ2v) is 6.01. The molecule has 1 saturated carbocycles. The first-order valence-corrected chi connectivity index (χ1v) is 7.74. The van der Waals surface area contributed by atoms with Crippen LogP contribution in [0.5, 0.6) is 0 Å². The zero-order valence-corrected chi connectivity index (χ0v) is 12.3. The smallest absolute Gasteiger partial charge is 0.179 e. The van der Waals surface area contributed by atoms with Crippen molar-refractivity contribution < 1.29 is 0 Å². The van der Waals surface area contributed by atoms with Gasteiger partial charge in [0.25, 0.3) is 0 Å². The topological polar surface area (TPSA) is 33.6 Å². The monoisotopic (exact) mass is 275 g/mol. The molecule has 19 heavy (non-hydrogen) atoms. The number of aromatic nitrogens is 3. The second kappa shape index (κ2) is 5.45. The summed E-state index contributed by atoms with van der Waals surface area (Å²) in [7, 11) is 0. The number of nitrogens with zero attached hydrogens (tertiary/aromatic N) is 2. The van der Waals surface area contributed by atoms with Crippen LogP contribution in [0.3, 0.4) is 0 Å². The third-order valence-electron chi connectivity index (χ3n) is 4.14. The fourth-order valence-corrected chi connectivity index (χ4v) is 3.47. The number of fused-ring (bicyclic) bond motifs is 1. The maximum absolute atomic E-state index is 5.52. The highest BCUT2D eigenvalue weighted by atomic mass is 32.1. The molecule has 0 amide bonds. The Morgan fingerprint density at radius 1 is 1.16 bits per heavy atom. The Labute approximate surface area is 119 Å². The number of pyridine rings is 1. The zero-order chi connectivity index (χ0) is 13.2. The summed E-state index contributed by atoms with van der Waals surface area (Å²) in [6.07, 6.45) is 9.20. The third kappa shape index (κ3) is 2.59. The summed E-state index contributed by atoms with van der Waals surface area (Å²) in [6, 6.07) is 4.65. The molecule has 0 bridgehead atoms. The summed E-state index contributed by atoms with van der Waals surface area (Å²) in [4.78, 5) is 7.99. The number of aromatic amines is 1. The molecule has 1 N–H and O–H groups in total. The fraction of sp³-hybridized carbons (Fsp3) is 0.600. The van der Waals surface area contributed by atoms with Crippen LogP contribution < -0.4 is 0 Å². The number of imidazole rings is 1. The lowest BCUT2D eigenvalue weighted by Crippen LogP contribution is -2.11. The average Bonchev–Trinajstić information content (AvgIpc) is 2.65. The van der Waals surface area contributed by atoms with E-state index in [1.807, 2.05) is 13.0 Å². The molecule has 0 aromatic carbocycles. The van der Waals surface area contributed by atoms with Crippen molar-refractivity contribution in [1.29, 1.82) is 0 Å². The van der Waals surface area contributed by atoms with Crippen LogP contribution >= 0.6 is 12.2 Å². The van der Waals surface area contributed by atoms with E-state index >= 15 is 0 Å². The Bertz CT molecular complexity index is 618. The van der Waals surface area contributed by atoms with E-state index in [2.05, 4.69) is 15.6 Å². The van der Waals surface area contributed by atoms with E-state index in [4.69, 9.17) is 17.2 Å². The van der Waals surface area contributed by atoms with Crippen LogP contribution in [0.1, 0.15) is 56.7 Å². The quantitative estimate of drug-likeness (QED) is 0.766. The Hall–Kier alpha value is -1.16. The van der Waals surface area contributed by atoms with E-state index < -0.39 is 0 Å². The molecule has 4 heteroatoms. The van der Waals surface area contributed by atoms with Crippen LogP contribution in [-0.2, 0) is 0 Å². The van der Waals surface area contributed by atoms with E-state index in [0.29, 0.717) is 6.04 Å². The number of H-pyrrole nitrogens is 1. The predicted octanol–water partition coefficient (Wildman–Crippen LogP) is 4.69. The van der Waals surface area contributed by atoms with Gasteiger partial charge in [-0.15, -0.1) is 0 Å². The molecule has 1 fully saturated rings. The van der Waals surface area contributed by atoms with Crippen LogP contribution in [0.25, 0.3) is 11.2 Å². The van der Waals surface area contributed by atoms with Crippen molar-refractivity contribution in [1.82, 2.24) is 14.5 Å². The summed E-state index contributed by atoms with van der Waals surface area (Å²) >= 11 is 5.52. The van der Waals surface area contributed by atoms with Crippen LogP contribution in [0.15, 0.2) is 12.1 Å². The Balaban J connectivity index is 2.04. The van der Waals surface area contributed by atoms with Crippen molar-refractivity contribution >= 4 is 23.4 Å². The highest BCUT2D eigenvalue weighted by Crippen LogP contribution is 2.29. The minimum atomic E-state index is 0.524. The molecule has 0 radical (unpaired) electrons. The van der Waals surface area contributed by atoms with Gasteiger partial charge in [-0.25, -0.2) is 4.98 Å². The molecule has 3 nitrogen and oxygen atoms in total. The summed E-state index contributed by atoms with van der Waals surface area (Å²) in [5, 5.41) is 0. The number of hydrogen-bond donors (Lipinski definition) is 1. The standard InChI is InChI=1S/C15H21N3S/c1-11-9-10-13-14(16-11)18(15(19)17-13)12-7-5-3-2-4-6-8-12/h9-10,12H,2-8H2,1H3,(H,17,19). The Kier molecular flexibility index (Phi) is 3.69. The zero-order valence-electron chi connectivity index (χ0n) is 11.5. The normalized spacial score (nSPS) is 18.4. The minimum absolute atomic E-state index is 0.524. The molecule has 102 valence electrons. The van der Waals surface area contributed by atoms with Gasteiger partial charge in [0.05, 0.1) is 5.52 Å². The van der Waals surface area contributed by atoms with Gasteiger partial charge >= 0.3 is 0 Å². The van der Waals surface area contributed by atoms with Crippen molar-refractivity contribution in [2.45, 2.75) is 57.9 Å². The Morgan fingerprint density at radius 2 is 1.84 bits per heavy atom. The summed E-state index contributed by atoms with van der Waals surface area (Å²) in [5.41, 5.74) is 3.16. The van der Waals surface area contributed by atoms with Gasteiger partial charge in [0.2, 0.25) is 0 Å². The van der Waals surface area contributed by atoms with E-state index in [1.54, 1.807) is 0 Å². The summed E-state index contributed by atoms with van der Waals surface area (Å²) in [5.74, 6) is 0. The number of hydrogen-bond acceptors (Lipinski definition) is 2. The van der Waals surface area contributed by atoms with Crippen molar-refractivity contribution in [3.05, 3.63) is 22.6 Å². The molecule has 0 spiro atoms. The van der Waals surface area contributed by atoms with Gasteiger partial charge in [-0.3, -0.25) is 4.57 Å². The highest BCUT2D eigenvalue weighted by Gasteiger charge is 2.17. The molecule has 3 rings (SSSR count). The fourth-order valence-electron chi connectivity index (χ4n) is 3.13. The van der Waals surface area contributed by atoms with Crippen LogP contribution in [0.2, 0.25) is 0 Å². The van der Waals surface area contributed by atoms with E-state index in [9.17, 15) is 0 Å². The molecule has 0 unspecified atom stereocenters. The number of nitrogens with one attached hydrogen (secondary N) is 1. The predicted molar refractivity (Wildman–Crippen MR) is 81.0 cm³/mol. The maximum atomic E-state index is 5.52. The van der Waals surface area contributed by atoms with E-state index in [1.165, 1.54) is 44.9 Å². The first kappa shape index (κ1) is 12.9. The molecule has 2 heterocycles. The molecule has 0 atom stereocenters. The largest absolute Gasteiger partial charge is 0.329 e. The maximum Gasteiger partial charge on any atom is 0.179 e. The highest BCUT2D eigenvalue weighted by molar-refractivity contribution is 7.71. The lowest BCUT2D eigenvalue weighted by Gasteiger charge is -2.21. The third-order valence-corrected chi connectivity index (χ3v) is 4.44. The van der Waals surface area contributed by atoms with Crippen LogP contribution in [0.4, 0.5) is 0 Å². The Morgan fingerprint density at radius 3 is 2.58 bits per heavy atom. The molecular weight excluding hydrogens is 254 g/mol. The molecule has 0 saturated heterocycles. The number of aryl methyl sites for hydroxylation is 1. The first-order chi connectivity index (χ1) is 9.25. The molecule has 0 aliphatic heterocycles. The molecular formula is C15H21N3S. The van der Waals surface area contributed by atoms with Crippen LogP contribution in [-0.4, -0.2) is 14.5 Å². The van der Waals surface area contributed by atoms with Crippen molar-refractivity contribution in [2.75, 3.05) is 0 Å². The summed E-state index contributed by atoms with van der Waals surface area (Å²) < 4.78 is 3.10. The van der Waals surface area contributed by atoms with Crippen molar-refractivity contribution in [3.63, 3.8) is 0 Å². The van der Waals surface area contributed by atoms with Gasteiger partial charge in [-0.1, -0.05) is 32.1 Å². The lowest BCUT2D eigenvalue weighted by molar-refractivity contribution is 0.374. The van der Waals surface area contributed by atoms with Gasteiger partial charge in [-0.2, -0.15) is 0 Å². The van der Waals surface area contributed by atoms with Crippen molar-refractivity contribution in [3.8, 4) is 0 Å². The van der Waals surface area contributed by atoms with Crippen molar-refractivity contribution in [2.24, 2.45) is 0 Å². The van der Waals surface area contributed by atoms with Gasteiger partial charge in [0, 0.05) is 11.7 Å². The van der Waals surface area contributed by atoms with Crippen LogP contribution in [0, 0.1) is 11.7 Å². The molecule has 2 aromatic heterocycles. The molecule has 1 aliphatic rings. The van der Waals surface area contributed by atoms with E-state index in [0.717, 1.165) is 21.6 Å².